The fraction of sp³-hybridized carbons (Fsp3) is 0.167. The van der Waals surface area contributed by atoms with Crippen LogP contribution in [0.4, 0.5) is 11.4 Å². The average molecular weight is 485 g/mol. The van der Waals surface area contributed by atoms with Crippen molar-refractivity contribution in [3.8, 4) is 11.5 Å². The lowest BCUT2D eigenvalue weighted by molar-refractivity contribution is -0.118. The summed E-state index contributed by atoms with van der Waals surface area (Å²) in [6.45, 7) is 2.04. The average Bonchev–Trinajstić information content (AvgIpc) is 2.84. The summed E-state index contributed by atoms with van der Waals surface area (Å²) in [6.07, 6.45) is 0. The summed E-state index contributed by atoms with van der Waals surface area (Å²) < 4.78 is 43.2. The number of sulfonamides is 1. The fourth-order valence-corrected chi connectivity index (χ4v) is 3.99. The molecule has 0 saturated heterocycles. The second-order valence-electron chi connectivity index (χ2n) is 6.91. The van der Waals surface area contributed by atoms with Crippen LogP contribution >= 0.6 is 0 Å². The number of para-hydroxylation sites is 1. The molecule has 9 nitrogen and oxygen atoms in total. The molecule has 3 aromatic rings. The Labute approximate surface area is 197 Å². The van der Waals surface area contributed by atoms with Crippen LogP contribution in [0.5, 0.6) is 11.5 Å². The Morgan fingerprint density at radius 2 is 1.47 bits per heavy atom. The van der Waals surface area contributed by atoms with Gasteiger partial charge in [0.2, 0.25) is 0 Å². The molecule has 0 saturated carbocycles. The molecule has 0 aliphatic heterocycles. The molecule has 0 fully saturated rings. The van der Waals surface area contributed by atoms with Gasteiger partial charge in [0.15, 0.2) is 6.61 Å². The summed E-state index contributed by atoms with van der Waals surface area (Å²) in [4.78, 5) is 24.1. The number of hydrogen-bond acceptors (Lipinski definition) is 7. The predicted octanol–water partition coefficient (Wildman–Crippen LogP) is 3.69. The lowest BCUT2D eigenvalue weighted by Crippen LogP contribution is -2.21. The van der Waals surface area contributed by atoms with Gasteiger partial charge in [-0.15, -0.1) is 0 Å². The highest BCUT2D eigenvalue weighted by atomic mass is 32.2. The van der Waals surface area contributed by atoms with E-state index in [9.17, 15) is 18.0 Å². The van der Waals surface area contributed by atoms with Gasteiger partial charge in [-0.1, -0.05) is 12.1 Å². The number of carbonyl (C=O) groups excluding carboxylic acids is 2. The number of rotatable bonds is 10. The highest BCUT2D eigenvalue weighted by Gasteiger charge is 2.16. The minimum absolute atomic E-state index is 0.0326. The molecule has 3 rings (SSSR count). The van der Waals surface area contributed by atoms with Crippen LogP contribution in [0.15, 0.2) is 77.7 Å². The van der Waals surface area contributed by atoms with Crippen molar-refractivity contribution in [3.05, 3.63) is 78.4 Å². The van der Waals surface area contributed by atoms with E-state index in [0.29, 0.717) is 29.5 Å². The lowest BCUT2D eigenvalue weighted by atomic mass is 10.2. The van der Waals surface area contributed by atoms with Crippen LogP contribution in [0, 0.1) is 0 Å². The molecule has 10 heteroatoms. The maximum absolute atomic E-state index is 12.6. The third kappa shape index (κ3) is 6.48. The molecule has 0 heterocycles. The number of amides is 1. The Hall–Kier alpha value is -4.05. The van der Waals surface area contributed by atoms with Gasteiger partial charge in [0.25, 0.3) is 15.9 Å². The highest BCUT2D eigenvalue weighted by molar-refractivity contribution is 7.92. The third-order valence-electron chi connectivity index (χ3n) is 4.53. The SMILES string of the molecule is CCOc1ccc(NS(=O)(=O)c2ccc(OCC(=O)Nc3ccccc3C(=O)OC)cc2)cc1. The van der Waals surface area contributed by atoms with Gasteiger partial charge in [-0.25, -0.2) is 13.2 Å². The Balaban J connectivity index is 1.58. The summed E-state index contributed by atoms with van der Waals surface area (Å²) in [5.41, 5.74) is 0.908. The molecular weight excluding hydrogens is 460 g/mol. The van der Waals surface area contributed by atoms with E-state index < -0.39 is 21.9 Å². The van der Waals surface area contributed by atoms with E-state index >= 15 is 0 Å². The molecule has 178 valence electrons. The van der Waals surface area contributed by atoms with Crippen molar-refractivity contribution < 1.29 is 32.2 Å². The van der Waals surface area contributed by atoms with Crippen molar-refractivity contribution in [2.75, 3.05) is 30.4 Å². The number of nitrogens with one attached hydrogen (secondary N) is 2. The number of anilines is 2. The minimum atomic E-state index is -3.81. The third-order valence-corrected chi connectivity index (χ3v) is 5.93. The molecule has 0 radical (unpaired) electrons. The quantitative estimate of drug-likeness (QED) is 0.421. The zero-order chi connectivity index (χ0) is 24.6. The first-order valence-electron chi connectivity index (χ1n) is 10.3. The van der Waals surface area contributed by atoms with Crippen molar-refractivity contribution >= 4 is 33.3 Å². The highest BCUT2D eigenvalue weighted by Crippen LogP contribution is 2.22. The zero-order valence-corrected chi connectivity index (χ0v) is 19.4. The fourth-order valence-electron chi connectivity index (χ4n) is 2.93. The van der Waals surface area contributed by atoms with Crippen molar-refractivity contribution in [1.82, 2.24) is 0 Å². The largest absolute Gasteiger partial charge is 0.494 e. The maximum Gasteiger partial charge on any atom is 0.339 e. The van der Waals surface area contributed by atoms with Gasteiger partial charge in [0.1, 0.15) is 11.5 Å². The van der Waals surface area contributed by atoms with Gasteiger partial charge >= 0.3 is 5.97 Å². The Morgan fingerprint density at radius 3 is 2.12 bits per heavy atom. The normalized spacial score (nSPS) is 10.8. The number of carbonyl (C=O) groups is 2. The molecule has 0 aliphatic rings. The van der Waals surface area contributed by atoms with Crippen LogP contribution in [0.1, 0.15) is 17.3 Å². The van der Waals surface area contributed by atoms with Crippen LogP contribution in [0.3, 0.4) is 0 Å². The van der Waals surface area contributed by atoms with Crippen LogP contribution < -0.4 is 19.5 Å². The zero-order valence-electron chi connectivity index (χ0n) is 18.6. The first-order chi connectivity index (χ1) is 16.3. The molecule has 2 N–H and O–H groups in total. The van der Waals surface area contributed by atoms with E-state index in [1.54, 1.807) is 42.5 Å². The van der Waals surface area contributed by atoms with Crippen LogP contribution in [-0.2, 0) is 19.6 Å². The first-order valence-corrected chi connectivity index (χ1v) is 11.8. The standard InChI is InChI=1S/C24H24N2O7S/c1-3-32-18-10-8-17(9-11-18)26-34(29,30)20-14-12-19(13-15-20)33-16-23(27)25-22-7-5-4-6-21(22)24(28)31-2/h4-15,26H,3,16H2,1-2H3,(H,25,27). The van der Waals surface area contributed by atoms with E-state index in [4.69, 9.17) is 14.2 Å². The molecule has 0 unspecified atom stereocenters. The van der Waals surface area contributed by atoms with E-state index in [2.05, 4.69) is 10.0 Å². The molecule has 1 amide bonds. The van der Waals surface area contributed by atoms with Crippen LogP contribution in [-0.4, -0.2) is 40.6 Å². The van der Waals surface area contributed by atoms with Crippen molar-refractivity contribution in [2.24, 2.45) is 0 Å². The first kappa shape index (κ1) is 24.6. The number of esters is 1. The molecule has 0 aromatic heterocycles. The Kier molecular flexibility index (Phi) is 8.10. The van der Waals surface area contributed by atoms with E-state index in [1.165, 1.54) is 37.4 Å². The summed E-state index contributed by atoms with van der Waals surface area (Å²) >= 11 is 0. The molecule has 0 spiro atoms. The molecule has 0 aliphatic carbocycles. The number of benzene rings is 3. The van der Waals surface area contributed by atoms with E-state index in [-0.39, 0.29) is 17.1 Å². The molecule has 34 heavy (non-hydrogen) atoms. The predicted molar refractivity (Wildman–Crippen MR) is 127 cm³/mol. The molecule has 0 atom stereocenters. The summed E-state index contributed by atoms with van der Waals surface area (Å²) in [5.74, 6) is -0.126. The number of methoxy groups -OCH3 is 1. The van der Waals surface area contributed by atoms with Gasteiger partial charge in [-0.05, 0) is 67.6 Å². The Bertz CT molecular complexity index is 1240. The number of ether oxygens (including phenoxy) is 3. The lowest BCUT2D eigenvalue weighted by Gasteiger charge is -2.11. The summed E-state index contributed by atoms with van der Waals surface area (Å²) in [5, 5.41) is 2.59. The Morgan fingerprint density at radius 1 is 0.853 bits per heavy atom. The molecule has 3 aromatic carbocycles. The van der Waals surface area contributed by atoms with E-state index in [0.717, 1.165) is 0 Å². The molecular formula is C24H24N2O7S. The monoisotopic (exact) mass is 484 g/mol. The van der Waals surface area contributed by atoms with Crippen molar-refractivity contribution in [1.29, 1.82) is 0 Å². The van der Waals surface area contributed by atoms with Crippen LogP contribution in [0.2, 0.25) is 0 Å². The van der Waals surface area contributed by atoms with Gasteiger partial charge in [0, 0.05) is 5.69 Å². The topological polar surface area (TPSA) is 120 Å². The van der Waals surface area contributed by atoms with Gasteiger partial charge in [0.05, 0.1) is 29.9 Å². The van der Waals surface area contributed by atoms with Crippen molar-refractivity contribution in [2.45, 2.75) is 11.8 Å². The summed E-state index contributed by atoms with van der Waals surface area (Å²) in [7, 11) is -2.56. The second-order valence-corrected chi connectivity index (χ2v) is 8.59. The van der Waals surface area contributed by atoms with E-state index in [1.807, 2.05) is 6.92 Å². The summed E-state index contributed by atoms with van der Waals surface area (Å²) in [6, 6.07) is 18.6. The smallest absolute Gasteiger partial charge is 0.339 e. The van der Waals surface area contributed by atoms with Gasteiger partial charge in [-0.2, -0.15) is 0 Å². The van der Waals surface area contributed by atoms with Gasteiger partial charge in [-0.3, -0.25) is 9.52 Å². The van der Waals surface area contributed by atoms with Gasteiger partial charge < -0.3 is 19.5 Å². The number of hydrogen-bond donors (Lipinski definition) is 2. The van der Waals surface area contributed by atoms with Crippen LogP contribution in [0.25, 0.3) is 0 Å². The second kappa shape index (κ2) is 11.2. The maximum atomic E-state index is 12.6. The van der Waals surface area contributed by atoms with Crippen molar-refractivity contribution in [3.63, 3.8) is 0 Å². The molecule has 0 bridgehead atoms. The minimum Gasteiger partial charge on any atom is -0.494 e.